The first kappa shape index (κ1) is 17.5. The molecule has 2 aromatic carbocycles. The van der Waals surface area contributed by atoms with Gasteiger partial charge < -0.3 is 10.4 Å². The summed E-state index contributed by atoms with van der Waals surface area (Å²) in [5, 5.41) is 12.1. The maximum atomic E-state index is 13.4. The third-order valence-electron chi connectivity index (χ3n) is 4.67. The fraction of sp³-hybridized carbons (Fsp3) is 0.350. The van der Waals surface area contributed by atoms with Crippen LogP contribution in [-0.2, 0) is 4.79 Å². The number of aliphatic hydroxyl groups is 1. The summed E-state index contributed by atoms with van der Waals surface area (Å²) in [5.41, 5.74) is 1.65. The smallest absolute Gasteiger partial charge is 0.224 e. The van der Waals surface area contributed by atoms with Crippen molar-refractivity contribution in [3.63, 3.8) is 0 Å². The zero-order chi connectivity index (χ0) is 17.8. The van der Waals surface area contributed by atoms with Gasteiger partial charge in [-0.15, -0.1) is 0 Å². The van der Waals surface area contributed by atoms with E-state index >= 15 is 0 Å². The largest absolute Gasteiger partial charge is 0.396 e. The van der Waals surface area contributed by atoms with Crippen molar-refractivity contribution in [2.45, 2.75) is 31.2 Å². The van der Waals surface area contributed by atoms with Crippen LogP contribution in [0.2, 0.25) is 0 Å². The lowest BCUT2D eigenvalue weighted by atomic mass is 10.0. The van der Waals surface area contributed by atoms with Gasteiger partial charge in [-0.3, -0.25) is 4.79 Å². The van der Waals surface area contributed by atoms with Gasteiger partial charge in [0.15, 0.2) is 11.6 Å². The number of halogens is 2. The Hall–Kier alpha value is -2.27. The van der Waals surface area contributed by atoms with E-state index in [0.29, 0.717) is 24.8 Å². The van der Waals surface area contributed by atoms with Gasteiger partial charge in [0.2, 0.25) is 5.91 Å². The van der Waals surface area contributed by atoms with Gasteiger partial charge in [-0.1, -0.05) is 36.4 Å². The van der Waals surface area contributed by atoms with E-state index in [2.05, 4.69) is 5.32 Å². The Kier molecular flexibility index (Phi) is 5.43. The molecule has 1 fully saturated rings. The van der Waals surface area contributed by atoms with Crippen molar-refractivity contribution >= 4 is 5.91 Å². The van der Waals surface area contributed by atoms with Crippen LogP contribution >= 0.6 is 0 Å². The third kappa shape index (κ3) is 4.23. The Morgan fingerprint density at radius 3 is 2.60 bits per heavy atom. The fourth-order valence-electron chi connectivity index (χ4n) is 3.18. The highest BCUT2D eigenvalue weighted by Crippen LogP contribution is 2.48. The summed E-state index contributed by atoms with van der Waals surface area (Å²) in [6, 6.07) is 13.3. The molecule has 25 heavy (non-hydrogen) atoms. The summed E-state index contributed by atoms with van der Waals surface area (Å²) in [5.74, 6) is -2.12. The Balaban J connectivity index is 1.65. The van der Waals surface area contributed by atoms with E-state index < -0.39 is 11.6 Å². The summed E-state index contributed by atoms with van der Waals surface area (Å²) >= 11 is 0. The van der Waals surface area contributed by atoms with E-state index in [1.807, 2.05) is 30.3 Å². The minimum Gasteiger partial charge on any atom is -0.396 e. The van der Waals surface area contributed by atoms with Gasteiger partial charge in [-0.2, -0.15) is 0 Å². The topological polar surface area (TPSA) is 49.3 Å². The number of rotatable bonds is 7. The molecular weight excluding hydrogens is 324 g/mol. The van der Waals surface area contributed by atoms with Gasteiger partial charge in [0.25, 0.3) is 0 Å². The Bertz CT molecular complexity index is 736. The third-order valence-corrected chi connectivity index (χ3v) is 4.67. The molecule has 1 aliphatic rings. The van der Waals surface area contributed by atoms with E-state index in [-0.39, 0.29) is 30.4 Å². The minimum absolute atomic E-state index is 0.0654. The van der Waals surface area contributed by atoms with Gasteiger partial charge in [0, 0.05) is 12.5 Å². The first-order chi connectivity index (χ1) is 12.1. The summed E-state index contributed by atoms with van der Waals surface area (Å²) in [6.45, 7) is 0.0696. The average Bonchev–Trinajstić information content (AvgIpc) is 3.42. The van der Waals surface area contributed by atoms with Crippen LogP contribution in [0, 0.1) is 17.6 Å². The Morgan fingerprint density at radius 1 is 1.16 bits per heavy atom. The maximum Gasteiger partial charge on any atom is 0.224 e. The van der Waals surface area contributed by atoms with Crippen LogP contribution in [0.1, 0.15) is 42.3 Å². The number of carbonyl (C=O) groups excluding carboxylic acids is 1. The van der Waals surface area contributed by atoms with Crippen LogP contribution in [0.4, 0.5) is 8.78 Å². The van der Waals surface area contributed by atoms with E-state index in [1.165, 1.54) is 12.1 Å². The lowest BCUT2D eigenvalue weighted by Gasteiger charge is -2.19. The predicted molar refractivity (Wildman–Crippen MR) is 90.9 cm³/mol. The molecular formula is C20H21F2NO2. The molecule has 0 bridgehead atoms. The standard InChI is InChI=1S/C20H21F2NO2/c21-17-9-8-14(11-18(17)22)15-12-16(15)20(25)23-19(7-4-10-24)13-5-2-1-3-6-13/h1-3,5-6,8-9,11,15-16,19,24H,4,7,10,12H2,(H,23,25). The second-order valence-corrected chi connectivity index (χ2v) is 6.46. The van der Waals surface area contributed by atoms with Crippen LogP contribution < -0.4 is 5.32 Å². The summed E-state index contributed by atoms with van der Waals surface area (Å²) in [6.07, 6.45) is 1.88. The second-order valence-electron chi connectivity index (χ2n) is 6.46. The van der Waals surface area contributed by atoms with E-state index in [4.69, 9.17) is 5.11 Å². The highest BCUT2D eigenvalue weighted by Gasteiger charge is 2.44. The molecule has 1 aliphatic carbocycles. The van der Waals surface area contributed by atoms with Crippen LogP contribution in [0.5, 0.6) is 0 Å². The first-order valence-electron chi connectivity index (χ1n) is 8.51. The number of nitrogens with one attached hydrogen (secondary N) is 1. The molecule has 0 aliphatic heterocycles. The monoisotopic (exact) mass is 345 g/mol. The average molecular weight is 345 g/mol. The quantitative estimate of drug-likeness (QED) is 0.804. The number of amides is 1. The van der Waals surface area contributed by atoms with Crippen LogP contribution in [-0.4, -0.2) is 17.6 Å². The molecule has 1 amide bonds. The van der Waals surface area contributed by atoms with Crippen LogP contribution in [0.3, 0.4) is 0 Å². The first-order valence-corrected chi connectivity index (χ1v) is 8.51. The lowest BCUT2D eigenvalue weighted by Crippen LogP contribution is -2.30. The number of hydrogen-bond acceptors (Lipinski definition) is 2. The van der Waals surface area contributed by atoms with E-state index in [9.17, 15) is 13.6 Å². The summed E-state index contributed by atoms with van der Waals surface area (Å²) < 4.78 is 26.4. The molecule has 0 aromatic heterocycles. The van der Waals surface area contributed by atoms with Crippen molar-refractivity contribution < 1.29 is 18.7 Å². The maximum absolute atomic E-state index is 13.4. The highest BCUT2D eigenvalue weighted by atomic mass is 19.2. The van der Waals surface area contributed by atoms with E-state index in [1.54, 1.807) is 0 Å². The van der Waals surface area contributed by atoms with Crippen molar-refractivity contribution in [1.29, 1.82) is 0 Å². The molecule has 3 rings (SSSR count). The van der Waals surface area contributed by atoms with Crippen molar-refractivity contribution in [3.05, 3.63) is 71.3 Å². The fourth-order valence-corrected chi connectivity index (χ4v) is 3.18. The molecule has 0 spiro atoms. The SMILES string of the molecule is O=C(NC(CCCO)c1ccccc1)C1CC1c1ccc(F)c(F)c1. The number of carbonyl (C=O) groups is 1. The molecule has 0 heterocycles. The van der Waals surface area contributed by atoms with Crippen molar-refractivity contribution in [3.8, 4) is 0 Å². The molecule has 0 saturated heterocycles. The Morgan fingerprint density at radius 2 is 1.92 bits per heavy atom. The minimum atomic E-state index is -0.881. The van der Waals surface area contributed by atoms with Crippen LogP contribution in [0.15, 0.2) is 48.5 Å². The summed E-state index contributed by atoms with van der Waals surface area (Å²) in [4.78, 5) is 12.5. The molecule has 5 heteroatoms. The number of aliphatic hydroxyl groups excluding tert-OH is 1. The Labute approximate surface area is 145 Å². The molecule has 3 unspecified atom stereocenters. The van der Waals surface area contributed by atoms with Gasteiger partial charge >= 0.3 is 0 Å². The van der Waals surface area contributed by atoms with Crippen molar-refractivity contribution in [2.75, 3.05) is 6.61 Å². The van der Waals surface area contributed by atoms with Crippen LogP contribution in [0.25, 0.3) is 0 Å². The van der Waals surface area contributed by atoms with Crippen molar-refractivity contribution in [2.24, 2.45) is 5.92 Å². The molecule has 2 aromatic rings. The predicted octanol–water partition coefficient (Wildman–Crippen LogP) is 3.70. The van der Waals surface area contributed by atoms with Gasteiger partial charge in [0.05, 0.1) is 6.04 Å². The molecule has 3 nitrogen and oxygen atoms in total. The lowest BCUT2D eigenvalue weighted by molar-refractivity contribution is -0.123. The van der Waals surface area contributed by atoms with Gasteiger partial charge in [0.1, 0.15) is 0 Å². The number of benzene rings is 2. The normalized spacial score (nSPS) is 20.1. The summed E-state index contributed by atoms with van der Waals surface area (Å²) in [7, 11) is 0. The molecule has 3 atom stereocenters. The molecule has 132 valence electrons. The molecule has 0 radical (unpaired) electrons. The zero-order valence-corrected chi connectivity index (χ0v) is 13.8. The van der Waals surface area contributed by atoms with Gasteiger partial charge in [-0.05, 0) is 48.4 Å². The number of hydrogen-bond donors (Lipinski definition) is 2. The molecule has 1 saturated carbocycles. The zero-order valence-electron chi connectivity index (χ0n) is 13.8. The second kappa shape index (κ2) is 7.74. The van der Waals surface area contributed by atoms with Crippen molar-refractivity contribution in [1.82, 2.24) is 5.32 Å². The van der Waals surface area contributed by atoms with E-state index in [0.717, 1.165) is 11.6 Å². The van der Waals surface area contributed by atoms with Gasteiger partial charge in [-0.25, -0.2) is 8.78 Å². The molecule has 2 N–H and O–H groups in total. The highest BCUT2D eigenvalue weighted by molar-refractivity contribution is 5.83.